The second kappa shape index (κ2) is 4.85. The Labute approximate surface area is 104 Å². The third-order valence-electron chi connectivity index (χ3n) is 2.55. The van der Waals surface area contributed by atoms with Crippen molar-refractivity contribution in [1.29, 1.82) is 0 Å². The van der Waals surface area contributed by atoms with E-state index in [9.17, 15) is 0 Å². The number of anilines is 1. The summed E-state index contributed by atoms with van der Waals surface area (Å²) in [5.41, 5.74) is 0.814. The Morgan fingerprint density at radius 2 is 2.35 bits per heavy atom. The molecule has 2 rings (SSSR count). The van der Waals surface area contributed by atoms with Gasteiger partial charge in [-0.1, -0.05) is 11.6 Å². The standard InChI is InChI=1S/C10H14ClN5O/c1-6(3-4-17)14-9-7(2)8(11)15-10-12-5-13-16(9)10/h5-6,14,17H,3-4H2,1-2H3. The van der Waals surface area contributed by atoms with Gasteiger partial charge in [0, 0.05) is 18.2 Å². The van der Waals surface area contributed by atoms with Gasteiger partial charge in [-0.25, -0.2) is 0 Å². The Kier molecular flexibility index (Phi) is 3.44. The molecule has 6 nitrogen and oxygen atoms in total. The van der Waals surface area contributed by atoms with Crippen molar-refractivity contribution in [1.82, 2.24) is 19.6 Å². The predicted molar refractivity (Wildman–Crippen MR) is 65.3 cm³/mol. The Morgan fingerprint density at radius 1 is 1.59 bits per heavy atom. The van der Waals surface area contributed by atoms with Gasteiger partial charge in [0.1, 0.15) is 17.3 Å². The number of fused-ring (bicyclic) bond motifs is 1. The van der Waals surface area contributed by atoms with E-state index in [0.717, 1.165) is 11.4 Å². The molecule has 0 saturated heterocycles. The van der Waals surface area contributed by atoms with E-state index in [1.165, 1.54) is 6.33 Å². The summed E-state index contributed by atoms with van der Waals surface area (Å²) in [5, 5.41) is 16.7. The minimum absolute atomic E-state index is 0.115. The van der Waals surface area contributed by atoms with E-state index in [1.807, 2.05) is 13.8 Å². The van der Waals surface area contributed by atoms with Crippen LogP contribution in [0.25, 0.3) is 5.78 Å². The van der Waals surface area contributed by atoms with Crippen LogP contribution < -0.4 is 5.32 Å². The van der Waals surface area contributed by atoms with Gasteiger partial charge in [0.2, 0.25) is 0 Å². The minimum Gasteiger partial charge on any atom is -0.396 e. The molecule has 0 aromatic carbocycles. The molecular weight excluding hydrogens is 242 g/mol. The van der Waals surface area contributed by atoms with E-state index < -0.39 is 0 Å². The van der Waals surface area contributed by atoms with E-state index in [2.05, 4.69) is 20.4 Å². The SMILES string of the molecule is Cc1c(Cl)nc2ncnn2c1NC(C)CCO. The van der Waals surface area contributed by atoms with Crippen LogP contribution in [-0.2, 0) is 0 Å². The maximum atomic E-state index is 8.90. The van der Waals surface area contributed by atoms with Crippen molar-refractivity contribution in [3.63, 3.8) is 0 Å². The molecule has 0 aliphatic carbocycles. The highest BCUT2D eigenvalue weighted by molar-refractivity contribution is 6.30. The van der Waals surface area contributed by atoms with Crippen LogP contribution in [0.1, 0.15) is 18.9 Å². The smallest absolute Gasteiger partial charge is 0.255 e. The van der Waals surface area contributed by atoms with Crippen LogP contribution in [0.3, 0.4) is 0 Å². The molecule has 17 heavy (non-hydrogen) atoms. The lowest BCUT2D eigenvalue weighted by molar-refractivity contribution is 0.282. The Bertz CT molecular complexity index is 527. The van der Waals surface area contributed by atoms with E-state index in [4.69, 9.17) is 16.7 Å². The number of aliphatic hydroxyl groups excluding tert-OH is 1. The molecule has 0 bridgehead atoms. The molecule has 1 atom stereocenters. The summed E-state index contributed by atoms with van der Waals surface area (Å²) in [6.07, 6.45) is 2.08. The lowest BCUT2D eigenvalue weighted by Crippen LogP contribution is -2.20. The Hall–Kier alpha value is -1.40. The topological polar surface area (TPSA) is 75.3 Å². The van der Waals surface area contributed by atoms with E-state index in [1.54, 1.807) is 4.52 Å². The average Bonchev–Trinajstić information content (AvgIpc) is 2.72. The minimum atomic E-state index is 0.115. The lowest BCUT2D eigenvalue weighted by Gasteiger charge is -2.16. The highest BCUT2D eigenvalue weighted by Gasteiger charge is 2.13. The van der Waals surface area contributed by atoms with Crippen molar-refractivity contribution in [2.45, 2.75) is 26.3 Å². The number of nitrogens with one attached hydrogen (secondary N) is 1. The quantitative estimate of drug-likeness (QED) is 0.805. The fourth-order valence-corrected chi connectivity index (χ4v) is 1.73. The van der Waals surface area contributed by atoms with Gasteiger partial charge < -0.3 is 10.4 Å². The number of hydrogen-bond acceptors (Lipinski definition) is 5. The van der Waals surface area contributed by atoms with Gasteiger partial charge in [-0.3, -0.25) is 0 Å². The van der Waals surface area contributed by atoms with E-state index >= 15 is 0 Å². The summed E-state index contributed by atoms with van der Waals surface area (Å²) in [5.74, 6) is 1.22. The molecule has 0 amide bonds. The Balaban J connectivity index is 2.43. The molecule has 7 heteroatoms. The van der Waals surface area contributed by atoms with Gasteiger partial charge in [0.05, 0.1) is 0 Å². The van der Waals surface area contributed by atoms with Crippen molar-refractivity contribution < 1.29 is 5.11 Å². The number of aliphatic hydroxyl groups is 1. The van der Waals surface area contributed by atoms with Crippen molar-refractivity contribution in [3.8, 4) is 0 Å². The van der Waals surface area contributed by atoms with Crippen LogP contribution in [0.5, 0.6) is 0 Å². The van der Waals surface area contributed by atoms with Crippen molar-refractivity contribution in [2.75, 3.05) is 11.9 Å². The molecule has 0 saturated carbocycles. The third kappa shape index (κ3) is 2.32. The normalized spacial score (nSPS) is 12.9. The zero-order valence-electron chi connectivity index (χ0n) is 9.68. The molecule has 92 valence electrons. The van der Waals surface area contributed by atoms with E-state index in [0.29, 0.717) is 17.4 Å². The van der Waals surface area contributed by atoms with Gasteiger partial charge in [-0.15, -0.1) is 0 Å². The number of hydrogen-bond donors (Lipinski definition) is 2. The summed E-state index contributed by atoms with van der Waals surface area (Å²) in [4.78, 5) is 8.12. The summed E-state index contributed by atoms with van der Waals surface area (Å²) in [7, 11) is 0. The zero-order valence-corrected chi connectivity index (χ0v) is 10.4. The molecule has 0 radical (unpaired) electrons. The zero-order chi connectivity index (χ0) is 12.4. The van der Waals surface area contributed by atoms with E-state index in [-0.39, 0.29) is 12.6 Å². The summed E-state index contributed by atoms with van der Waals surface area (Å²) < 4.78 is 1.61. The molecule has 0 fully saturated rings. The monoisotopic (exact) mass is 255 g/mol. The number of aromatic nitrogens is 4. The summed E-state index contributed by atoms with van der Waals surface area (Å²) in [6.45, 7) is 3.98. The van der Waals surface area contributed by atoms with Crippen LogP contribution in [0.15, 0.2) is 6.33 Å². The molecule has 2 aromatic heterocycles. The second-order valence-electron chi connectivity index (χ2n) is 3.91. The summed E-state index contributed by atoms with van der Waals surface area (Å²) in [6, 6.07) is 0.115. The van der Waals surface area contributed by atoms with Gasteiger partial charge in [0.15, 0.2) is 0 Å². The first-order chi connectivity index (χ1) is 8.13. The highest BCUT2D eigenvalue weighted by atomic mass is 35.5. The first-order valence-electron chi connectivity index (χ1n) is 5.36. The van der Waals surface area contributed by atoms with Crippen LogP contribution in [0.4, 0.5) is 5.82 Å². The summed E-state index contributed by atoms with van der Waals surface area (Å²) >= 11 is 6.03. The van der Waals surface area contributed by atoms with Crippen LogP contribution in [-0.4, -0.2) is 37.3 Å². The number of halogens is 1. The van der Waals surface area contributed by atoms with Crippen LogP contribution >= 0.6 is 11.6 Å². The fraction of sp³-hybridized carbons (Fsp3) is 0.500. The van der Waals surface area contributed by atoms with Crippen molar-refractivity contribution in [3.05, 3.63) is 17.0 Å². The molecule has 0 spiro atoms. The molecule has 1 unspecified atom stereocenters. The average molecular weight is 256 g/mol. The van der Waals surface area contributed by atoms with Gasteiger partial charge in [-0.05, 0) is 20.3 Å². The molecule has 0 aliphatic heterocycles. The molecular formula is C10H14ClN5O. The van der Waals surface area contributed by atoms with Crippen molar-refractivity contribution in [2.24, 2.45) is 0 Å². The van der Waals surface area contributed by atoms with Gasteiger partial charge in [-0.2, -0.15) is 19.6 Å². The number of rotatable bonds is 4. The molecule has 0 aliphatic rings. The van der Waals surface area contributed by atoms with Gasteiger partial charge in [0.25, 0.3) is 5.78 Å². The van der Waals surface area contributed by atoms with Crippen LogP contribution in [0.2, 0.25) is 5.15 Å². The number of nitrogens with zero attached hydrogens (tertiary/aromatic N) is 4. The molecule has 2 heterocycles. The van der Waals surface area contributed by atoms with Crippen molar-refractivity contribution >= 4 is 23.2 Å². The first kappa shape index (κ1) is 12.1. The second-order valence-corrected chi connectivity index (χ2v) is 4.26. The molecule has 2 aromatic rings. The Morgan fingerprint density at radius 3 is 3.06 bits per heavy atom. The van der Waals surface area contributed by atoms with Crippen LogP contribution in [0, 0.1) is 6.92 Å². The lowest BCUT2D eigenvalue weighted by atomic mass is 10.2. The van der Waals surface area contributed by atoms with Gasteiger partial charge >= 0.3 is 0 Å². The maximum absolute atomic E-state index is 8.90. The molecule has 2 N–H and O–H groups in total. The predicted octanol–water partition coefficient (Wildman–Crippen LogP) is 1.27. The highest BCUT2D eigenvalue weighted by Crippen LogP contribution is 2.22. The maximum Gasteiger partial charge on any atom is 0.255 e. The third-order valence-corrected chi connectivity index (χ3v) is 2.92. The fourth-order valence-electron chi connectivity index (χ4n) is 1.57. The first-order valence-corrected chi connectivity index (χ1v) is 5.74. The largest absolute Gasteiger partial charge is 0.396 e.